The number of rotatable bonds is 3. The van der Waals surface area contributed by atoms with Crippen molar-refractivity contribution in [2.45, 2.75) is 57.7 Å². The second-order valence-corrected chi connectivity index (χ2v) is 6.16. The van der Waals surface area contributed by atoms with Gasteiger partial charge in [0.1, 0.15) is 0 Å². The standard InChI is InChI=1S/C17H26N2/c1-14-7-2-3-8-15(14)13-19-12-5-4-10-17(19)16-9-6-11-18-16/h2-3,7-8,16-18H,4-6,9-13H2,1H3. The summed E-state index contributed by atoms with van der Waals surface area (Å²) in [6.45, 7) is 5.87. The molecule has 2 nitrogen and oxygen atoms in total. The van der Waals surface area contributed by atoms with Crippen LogP contribution in [0.1, 0.15) is 43.2 Å². The van der Waals surface area contributed by atoms with Gasteiger partial charge in [0.2, 0.25) is 0 Å². The molecule has 1 N–H and O–H groups in total. The first-order valence-electron chi connectivity index (χ1n) is 7.86. The van der Waals surface area contributed by atoms with Crippen LogP contribution in [0, 0.1) is 6.92 Å². The molecule has 1 aromatic rings. The lowest BCUT2D eigenvalue weighted by atomic mass is 9.93. The third-order valence-electron chi connectivity index (χ3n) is 4.86. The van der Waals surface area contributed by atoms with Gasteiger partial charge in [-0.1, -0.05) is 30.7 Å². The van der Waals surface area contributed by atoms with Gasteiger partial charge in [-0.3, -0.25) is 4.90 Å². The molecule has 104 valence electrons. The Morgan fingerprint density at radius 3 is 2.84 bits per heavy atom. The first kappa shape index (κ1) is 13.1. The molecule has 0 saturated carbocycles. The van der Waals surface area contributed by atoms with Crippen LogP contribution in [0.25, 0.3) is 0 Å². The fourth-order valence-corrected chi connectivity index (χ4v) is 3.71. The lowest BCUT2D eigenvalue weighted by Gasteiger charge is -2.39. The summed E-state index contributed by atoms with van der Waals surface area (Å²) in [6, 6.07) is 10.4. The van der Waals surface area contributed by atoms with Crippen molar-refractivity contribution in [2.75, 3.05) is 13.1 Å². The van der Waals surface area contributed by atoms with Crippen LogP contribution < -0.4 is 5.32 Å². The highest BCUT2D eigenvalue weighted by atomic mass is 15.2. The molecule has 2 saturated heterocycles. The van der Waals surface area contributed by atoms with Gasteiger partial charge in [0.25, 0.3) is 0 Å². The Labute approximate surface area is 117 Å². The van der Waals surface area contributed by atoms with Crippen molar-refractivity contribution >= 4 is 0 Å². The van der Waals surface area contributed by atoms with E-state index in [-0.39, 0.29) is 0 Å². The molecule has 19 heavy (non-hydrogen) atoms. The second-order valence-electron chi connectivity index (χ2n) is 6.16. The van der Waals surface area contributed by atoms with Crippen LogP contribution in [0.2, 0.25) is 0 Å². The van der Waals surface area contributed by atoms with E-state index in [0.717, 1.165) is 18.6 Å². The quantitative estimate of drug-likeness (QED) is 0.896. The summed E-state index contributed by atoms with van der Waals surface area (Å²) in [5, 5.41) is 3.72. The number of piperidine rings is 1. The summed E-state index contributed by atoms with van der Waals surface area (Å²) >= 11 is 0. The monoisotopic (exact) mass is 258 g/mol. The molecule has 2 heteroatoms. The number of nitrogens with one attached hydrogen (secondary N) is 1. The van der Waals surface area contributed by atoms with Gasteiger partial charge in [0.15, 0.2) is 0 Å². The van der Waals surface area contributed by atoms with Crippen molar-refractivity contribution in [2.24, 2.45) is 0 Å². The first-order chi connectivity index (χ1) is 9.34. The maximum atomic E-state index is 3.72. The summed E-state index contributed by atoms with van der Waals surface area (Å²) in [4.78, 5) is 2.73. The van der Waals surface area contributed by atoms with Crippen LogP contribution in [-0.4, -0.2) is 30.1 Å². The van der Waals surface area contributed by atoms with Crippen molar-refractivity contribution < 1.29 is 0 Å². The molecule has 2 atom stereocenters. The summed E-state index contributed by atoms with van der Waals surface area (Å²) in [6.07, 6.45) is 6.89. The summed E-state index contributed by atoms with van der Waals surface area (Å²) in [5.74, 6) is 0. The van der Waals surface area contributed by atoms with E-state index in [9.17, 15) is 0 Å². The van der Waals surface area contributed by atoms with E-state index in [1.54, 1.807) is 0 Å². The summed E-state index contributed by atoms with van der Waals surface area (Å²) < 4.78 is 0. The van der Waals surface area contributed by atoms with Crippen molar-refractivity contribution in [3.8, 4) is 0 Å². The zero-order valence-corrected chi connectivity index (χ0v) is 12.1. The van der Waals surface area contributed by atoms with Crippen molar-refractivity contribution in [1.82, 2.24) is 10.2 Å². The van der Waals surface area contributed by atoms with E-state index < -0.39 is 0 Å². The van der Waals surface area contributed by atoms with E-state index in [4.69, 9.17) is 0 Å². The van der Waals surface area contributed by atoms with Crippen LogP contribution in [0.5, 0.6) is 0 Å². The maximum Gasteiger partial charge on any atom is 0.0252 e. The minimum absolute atomic E-state index is 0.740. The smallest absolute Gasteiger partial charge is 0.0252 e. The molecule has 3 rings (SSSR count). The van der Waals surface area contributed by atoms with Gasteiger partial charge in [0.05, 0.1) is 0 Å². The summed E-state index contributed by atoms with van der Waals surface area (Å²) in [7, 11) is 0. The van der Waals surface area contributed by atoms with Gasteiger partial charge in [-0.05, 0) is 56.8 Å². The number of nitrogens with zero attached hydrogens (tertiary/aromatic N) is 1. The van der Waals surface area contributed by atoms with E-state index >= 15 is 0 Å². The molecule has 1 aromatic carbocycles. The Balaban J connectivity index is 1.71. The fourth-order valence-electron chi connectivity index (χ4n) is 3.71. The van der Waals surface area contributed by atoms with Crippen molar-refractivity contribution in [1.29, 1.82) is 0 Å². The normalized spacial score (nSPS) is 28.7. The van der Waals surface area contributed by atoms with E-state index in [2.05, 4.69) is 41.4 Å². The molecule has 2 aliphatic heterocycles. The predicted molar refractivity (Wildman–Crippen MR) is 80.3 cm³/mol. The minimum Gasteiger partial charge on any atom is -0.312 e. The first-order valence-corrected chi connectivity index (χ1v) is 7.86. The van der Waals surface area contributed by atoms with Crippen LogP contribution in [0.3, 0.4) is 0 Å². The predicted octanol–water partition coefficient (Wildman–Crippen LogP) is 3.10. The number of hydrogen-bond donors (Lipinski definition) is 1. The zero-order chi connectivity index (χ0) is 13.1. The number of hydrogen-bond acceptors (Lipinski definition) is 2. The molecule has 0 radical (unpaired) electrons. The third kappa shape index (κ3) is 3.01. The molecule has 0 bridgehead atoms. The average molecular weight is 258 g/mol. The Morgan fingerprint density at radius 2 is 2.05 bits per heavy atom. The van der Waals surface area contributed by atoms with E-state index in [1.165, 1.54) is 56.3 Å². The molecule has 2 unspecified atom stereocenters. The number of benzene rings is 1. The van der Waals surface area contributed by atoms with Gasteiger partial charge in [-0.25, -0.2) is 0 Å². The molecular weight excluding hydrogens is 232 g/mol. The largest absolute Gasteiger partial charge is 0.312 e. The number of aryl methyl sites for hydroxylation is 1. The number of likely N-dealkylation sites (tertiary alicyclic amines) is 1. The van der Waals surface area contributed by atoms with Crippen molar-refractivity contribution in [3.63, 3.8) is 0 Å². The van der Waals surface area contributed by atoms with Crippen LogP contribution in [-0.2, 0) is 6.54 Å². The molecular formula is C17H26N2. The fraction of sp³-hybridized carbons (Fsp3) is 0.647. The van der Waals surface area contributed by atoms with Gasteiger partial charge in [0, 0.05) is 18.6 Å². The minimum atomic E-state index is 0.740. The molecule has 2 fully saturated rings. The Bertz CT molecular complexity index is 409. The highest BCUT2D eigenvalue weighted by Gasteiger charge is 2.31. The zero-order valence-electron chi connectivity index (χ0n) is 12.1. The summed E-state index contributed by atoms with van der Waals surface area (Å²) in [5.41, 5.74) is 2.94. The molecule has 0 amide bonds. The Morgan fingerprint density at radius 1 is 1.16 bits per heavy atom. The topological polar surface area (TPSA) is 15.3 Å². The van der Waals surface area contributed by atoms with Gasteiger partial charge < -0.3 is 5.32 Å². The van der Waals surface area contributed by atoms with Gasteiger partial charge >= 0.3 is 0 Å². The molecule has 0 aliphatic carbocycles. The van der Waals surface area contributed by atoms with E-state index in [1.807, 2.05) is 0 Å². The molecule has 0 aromatic heterocycles. The molecule has 2 heterocycles. The highest BCUT2D eigenvalue weighted by Crippen LogP contribution is 2.26. The van der Waals surface area contributed by atoms with Crippen LogP contribution in [0.15, 0.2) is 24.3 Å². The Hall–Kier alpha value is -0.860. The Kier molecular flexibility index (Phi) is 4.19. The maximum absolute atomic E-state index is 3.72. The third-order valence-corrected chi connectivity index (χ3v) is 4.86. The van der Waals surface area contributed by atoms with Crippen molar-refractivity contribution in [3.05, 3.63) is 35.4 Å². The molecule has 2 aliphatic rings. The van der Waals surface area contributed by atoms with Gasteiger partial charge in [-0.15, -0.1) is 0 Å². The second kappa shape index (κ2) is 6.06. The highest BCUT2D eigenvalue weighted by molar-refractivity contribution is 5.25. The lowest BCUT2D eigenvalue weighted by molar-refractivity contribution is 0.112. The SMILES string of the molecule is Cc1ccccc1CN1CCCCC1C1CCCN1. The van der Waals surface area contributed by atoms with Crippen LogP contribution >= 0.6 is 0 Å². The van der Waals surface area contributed by atoms with E-state index in [0.29, 0.717) is 0 Å². The van der Waals surface area contributed by atoms with Crippen LogP contribution in [0.4, 0.5) is 0 Å². The average Bonchev–Trinajstić information content (AvgIpc) is 2.96. The lowest BCUT2D eigenvalue weighted by Crippen LogP contribution is -2.49. The van der Waals surface area contributed by atoms with Gasteiger partial charge in [-0.2, -0.15) is 0 Å². The molecule has 0 spiro atoms.